The Kier molecular flexibility index (Phi) is 3.83. The number of carbonyl (C=O) groups is 1. The maximum absolute atomic E-state index is 12.2. The lowest BCUT2D eigenvalue weighted by molar-refractivity contribution is -0.122. The van der Waals surface area contributed by atoms with Crippen molar-refractivity contribution in [2.24, 2.45) is 17.8 Å². The Morgan fingerprint density at radius 1 is 1.30 bits per heavy atom. The number of hydrogen-bond acceptors (Lipinski definition) is 2. The summed E-state index contributed by atoms with van der Waals surface area (Å²) >= 11 is 0. The zero-order valence-corrected chi connectivity index (χ0v) is 13.8. The van der Waals surface area contributed by atoms with Crippen LogP contribution in [0.3, 0.4) is 0 Å². The van der Waals surface area contributed by atoms with Crippen molar-refractivity contribution in [3.63, 3.8) is 0 Å². The lowest BCUT2D eigenvalue weighted by Gasteiger charge is -2.21. The molecule has 122 valence electrons. The summed E-state index contributed by atoms with van der Waals surface area (Å²) < 4.78 is 2.19. The van der Waals surface area contributed by atoms with Crippen molar-refractivity contribution < 1.29 is 4.79 Å². The van der Waals surface area contributed by atoms with Crippen molar-refractivity contribution in [1.29, 1.82) is 0 Å². The van der Waals surface area contributed by atoms with Gasteiger partial charge < -0.3 is 9.88 Å². The normalized spacial score (nSPS) is 26.0. The number of amides is 1. The number of rotatable bonds is 5. The number of imidazole rings is 1. The first-order valence-corrected chi connectivity index (χ1v) is 8.89. The molecule has 1 N–H and O–H groups in total. The van der Waals surface area contributed by atoms with Crippen LogP contribution in [0.4, 0.5) is 0 Å². The standard InChI is InChI=1S/C19H25N3O/c1-13-21-17-4-2-3-5-18(17)22(13)9-8-20-19(23)12-16-11-14-6-7-15(16)10-14/h2-5,14-16H,6-12H2,1H3,(H,20,23). The SMILES string of the molecule is Cc1nc2ccccc2n1CCNC(=O)CC1CC2CCC1C2. The van der Waals surface area contributed by atoms with Crippen LogP contribution in [-0.2, 0) is 11.3 Å². The zero-order valence-electron chi connectivity index (χ0n) is 13.8. The molecule has 2 aromatic rings. The highest BCUT2D eigenvalue weighted by atomic mass is 16.1. The number of para-hydroxylation sites is 2. The number of carbonyl (C=O) groups excluding carboxylic acids is 1. The van der Waals surface area contributed by atoms with Gasteiger partial charge in [0.15, 0.2) is 0 Å². The first-order valence-electron chi connectivity index (χ1n) is 8.89. The van der Waals surface area contributed by atoms with Gasteiger partial charge in [0.05, 0.1) is 11.0 Å². The summed E-state index contributed by atoms with van der Waals surface area (Å²) in [6.07, 6.45) is 6.13. The third-order valence-electron chi connectivity index (χ3n) is 5.84. The quantitative estimate of drug-likeness (QED) is 0.921. The molecular weight excluding hydrogens is 286 g/mol. The average Bonchev–Trinajstić information content (AvgIpc) is 3.22. The summed E-state index contributed by atoms with van der Waals surface area (Å²) in [5.74, 6) is 3.62. The highest BCUT2D eigenvalue weighted by Gasteiger charge is 2.39. The summed E-state index contributed by atoms with van der Waals surface area (Å²) in [5, 5.41) is 3.11. The molecule has 2 fully saturated rings. The van der Waals surface area contributed by atoms with Gasteiger partial charge in [-0.2, -0.15) is 0 Å². The van der Waals surface area contributed by atoms with Gasteiger partial charge >= 0.3 is 0 Å². The molecule has 1 aromatic carbocycles. The molecule has 0 radical (unpaired) electrons. The predicted molar refractivity (Wildman–Crippen MR) is 91.0 cm³/mol. The highest BCUT2D eigenvalue weighted by Crippen LogP contribution is 2.49. The van der Waals surface area contributed by atoms with Crippen molar-refractivity contribution in [1.82, 2.24) is 14.9 Å². The lowest BCUT2D eigenvalue weighted by Crippen LogP contribution is -2.30. The van der Waals surface area contributed by atoms with E-state index in [1.807, 2.05) is 25.1 Å². The van der Waals surface area contributed by atoms with Crippen molar-refractivity contribution >= 4 is 16.9 Å². The highest BCUT2D eigenvalue weighted by molar-refractivity contribution is 5.77. The number of nitrogens with one attached hydrogen (secondary N) is 1. The van der Waals surface area contributed by atoms with E-state index in [9.17, 15) is 4.79 Å². The molecule has 2 aliphatic rings. The van der Waals surface area contributed by atoms with Crippen LogP contribution in [0.15, 0.2) is 24.3 Å². The number of nitrogens with zero attached hydrogens (tertiary/aromatic N) is 2. The van der Waals surface area contributed by atoms with Crippen LogP contribution in [0.5, 0.6) is 0 Å². The first-order chi connectivity index (χ1) is 11.2. The minimum Gasteiger partial charge on any atom is -0.354 e. The Morgan fingerprint density at radius 2 is 2.17 bits per heavy atom. The van der Waals surface area contributed by atoms with Gasteiger partial charge in [-0.3, -0.25) is 4.79 Å². The Bertz CT molecular complexity index is 720. The third-order valence-corrected chi connectivity index (χ3v) is 5.84. The molecule has 3 atom stereocenters. The van der Waals surface area contributed by atoms with Gasteiger partial charge in [0.1, 0.15) is 5.82 Å². The molecule has 0 saturated heterocycles. The van der Waals surface area contributed by atoms with E-state index < -0.39 is 0 Å². The molecular formula is C19H25N3O. The van der Waals surface area contributed by atoms with Crippen LogP contribution in [-0.4, -0.2) is 22.0 Å². The average molecular weight is 311 g/mol. The summed E-state index contributed by atoms with van der Waals surface area (Å²) in [4.78, 5) is 16.8. The van der Waals surface area contributed by atoms with Crippen LogP contribution in [0.25, 0.3) is 11.0 Å². The summed E-state index contributed by atoms with van der Waals surface area (Å²) in [7, 11) is 0. The minimum absolute atomic E-state index is 0.227. The summed E-state index contributed by atoms with van der Waals surface area (Å²) in [6, 6.07) is 8.17. The second-order valence-electron chi connectivity index (χ2n) is 7.29. The topological polar surface area (TPSA) is 46.9 Å². The minimum atomic E-state index is 0.227. The van der Waals surface area contributed by atoms with Crippen LogP contribution in [0.2, 0.25) is 0 Å². The molecule has 4 rings (SSSR count). The number of aryl methyl sites for hydroxylation is 1. The predicted octanol–water partition coefficient (Wildman–Crippen LogP) is 3.29. The lowest BCUT2D eigenvalue weighted by atomic mass is 9.86. The summed E-state index contributed by atoms with van der Waals surface area (Å²) in [5.41, 5.74) is 2.17. The Morgan fingerprint density at radius 3 is 2.96 bits per heavy atom. The van der Waals surface area contributed by atoms with E-state index in [4.69, 9.17) is 0 Å². The monoisotopic (exact) mass is 311 g/mol. The fourth-order valence-electron chi connectivity index (χ4n) is 4.72. The molecule has 1 heterocycles. The molecule has 2 aliphatic carbocycles. The van der Waals surface area contributed by atoms with Gasteiger partial charge in [-0.15, -0.1) is 0 Å². The Hall–Kier alpha value is -1.84. The van der Waals surface area contributed by atoms with Gasteiger partial charge in [-0.25, -0.2) is 4.98 Å². The van der Waals surface area contributed by atoms with Crippen LogP contribution in [0.1, 0.15) is 37.9 Å². The molecule has 1 aromatic heterocycles. The fraction of sp³-hybridized carbons (Fsp3) is 0.579. The molecule has 0 spiro atoms. The molecule has 0 aliphatic heterocycles. The van der Waals surface area contributed by atoms with Crippen molar-refractivity contribution in [2.75, 3.05) is 6.54 Å². The molecule has 2 saturated carbocycles. The van der Waals surface area contributed by atoms with Gasteiger partial charge in [0.2, 0.25) is 5.91 Å². The largest absolute Gasteiger partial charge is 0.354 e. The Balaban J connectivity index is 1.31. The van der Waals surface area contributed by atoms with E-state index >= 15 is 0 Å². The van der Waals surface area contributed by atoms with Crippen molar-refractivity contribution in [2.45, 2.75) is 45.6 Å². The second kappa shape index (κ2) is 5.99. The first kappa shape index (κ1) is 14.7. The van der Waals surface area contributed by atoms with Gasteiger partial charge in [-0.1, -0.05) is 18.6 Å². The van der Waals surface area contributed by atoms with E-state index in [-0.39, 0.29) is 5.91 Å². The molecule has 3 unspecified atom stereocenters. The number of benzene rings is 1. The fourth-order valence-corrected chi connectivity index (χ4v) is 4.72. The number of fused-ring (bicyclic) bond motifs is 3. The summed E-state index contributed by atoms with van der Waals surface area (Å²) in [6.45, 7) is 3.49. The maximum atomic E-state index is 12.2. The van der Waals surface area contributed by atoms with E-state index in [0.29, 0.717) is 12.5 Å². The molecule has 23 heavy (non-hydrogen) atoms. The van der Waals surface area contributed by atoms with E-state index in [2.05, 4.69) is 20.9 Å². The van der Waals surface area contributed by atoms with Crippen molar-refractivity contribution in [3.05, 3.63) is 30.1 Å². The Labute approximate surface area is 137 Å². The van der Waals surface area contributed by atoms with E-state index in [1.165, 1.54) is 25.7 Å². The van der Waals surface area contributed by atoms with Crippen molar-refractivity contribution in [3.8, 4) is 0 Å². The second-order valence-corrected chi connectivity index (χ2v) is 7.29. The molecule has 4 nitrogen and oxygen atoms in total. The third kappa shape index (κ3) is 2.87. The molecule has 2 bridgehead atoms. The number of hydrogen-bond donors (Lipinski definition) is 1. The van der Waals surface area contributed by atoms with Gasteiger partial charge in [0.25, 0.3) is 0 Å². The van der Waals surface area contributed by atoms with Crippen LogP contribution < -0.4 is 5.32 Å². The van der Waals surface area contributed by atoms with Crippen LogP contribution in [0, 0.1) is 24.7 Å². The smallest absolute Gasteiger partial charge is 0.220 e. The molecule has 1 amide bonds. The van der Waals surface area contributed by atoms with Gasteiger partial charge in [0, 0.05) is 19.5 Å². The number of aromatic nitrogens is 2. The van der Waals surface area contributed by atoms with E-state index in [1.54, 1.807) is 0 Å². The maximum Gasteiger partial charge on any atom is 0.220 e. The zero-order chi connectivity index (χ0) is 15.8. The molecule has 4 heteroatoms. The van der Waals surface area contributed by atoms with E-state index in [0.717, 1.165) is 41.7 Å². The van der Waals surface area contributed by atoms with Crippen LogP contribution >= 0.6 is 0 Å². The van der Waals surface area contributed by atoms with Gasteiger partial charge in [-0.05, 0) is 56.1 Å².